The Kier molecular flexibility index (Phi) is 7.69. The van der Waals surface area contributed by atoms with Crippen LogP contribution >= 0.6 is 0 Å². The van der Waals surface area contributed by atoms with E-state index in [1.807, 2.05) is 13.8 Å². The van der Waals surface area contributed by atoms with E-state index in [1.54, 1.807) is 0 Å². The Morgan fingerprint density at radius 1 is 1.60 bits per heavy atom. The number of rotatable bonds is 2. The summed E-state index contributed by atoms with van der Waals surface area (Å²) in [4.78, 5) is 11.1. The predicted molar refractivity (Wildman–Crippen MR) is 65.7 cm³/mol. The molecule has 1 amide bonds. The Bertz CT molecular complexity index is 231. The Hall–Kier alpha value is -1.05. The number of carbonyl (C=O) groups excluding carboxylic acids is 1. The molecule has 1 unspecified atom stereocenters. The van der Waals surface area contributed by atoms with E-state index in [0.29, 0.717) is 6.04 Å². The van der Waals surface area contributed by atoms with E-state index >= 15 is 0 Å². The van der Waals surface area contributed by atoms with Crippen LogP contribution in [0, 0.1) is 0 Å². The first-order chi connectivity index (χ1) is 7.22. The van der Waals surface area contributed by atoms with Gasteiger partial charge in [0.1, 0.15) is 0 Å². The van der Waals surface area contributed by atoms with E-state index < -0.39 is 0 Å². The maximum Gasteiger partial charge on any atom is 0.243 e. The largest absolute Gasteiger partial charge is 0.350 e. The topological polar surface area (TPSA) is 29.1 Å². The van der Waals surface area contributed by atoms with Crippen molar-refractivity contribution in [2.75, 3.05) is 0 Å². The zero-order chi connectivity index (χ0) is 11.7. The molecule has 0 aliphatic heterocycles. The normalized spacial score (nSPS) is 20.2. The van der Waals surface area contributed by atoms with Gasteiger partial charge in [0.05, 0.1) is 0 Å². The van der Waals surface area contributed by atoms with Crippen LogP contribution in [-0.4, -0.2) is 11.9 Å². The molecule has 1 rings (SSSR count). The summed E-state index contributed by atoms with van der Waals surface area (Å²) < 4.78 is 0. The van der Waals surface area contributed by atoms with Gasteiger partial charge in [0, 0.05) is 6.04 Å². The van der Waals surface area contributed by atoms with Crippen molar-refractivity contribution in [3.05, 3.63) is 24.3 Å². The summed E-state index contributed by atoms with van der Waals surface area (Å²) in [6.07, 6.45) is 7.97. The zero-order valence-corrected chi connectivity index (χ0v) is 10.2. The second-order valence-corrected chi connectivity index (χ2v) is 3.60. The first-order valence-corrected chi connectivity index (χ1v) is 5.81. The quantitative estimate of drug-likeness (QED) is 0.549. The van der Waals surface area contributed by atoms with Crippen molar-refractivity contribution in [2.45, 2.75) is 52.5 Å². The lowest BCUT2D eigenvalue weighted by molar-refractivity contribution is -0.117. The molecule has 0 fully saturated rings. The van der Waals surface area contributed by atoms with Gasteiger partial charge in [-0.3, -0.25) is 4.79 Å². The molecule has 0 saturated carbocycles. The van der Waals surface area contributed by atoms with Gasteiger partial charge in [-0.05, 0) is 38.7 Å². The minimum atomic E-state index is -0.0558. The molecular weight excluding hydrogens is 186 g/mol. The fraction of sp³-hybridized carbons (Fsp3) is 0.615. The molecule has 1 N–H and O–H groups in total. The van der Waals surface area contributed by atoms with Crippen LogP contribution in [0.15, 0.2) is 24.3 Å². The molecule has 1 aliphatic carbocycles. The zero-order valence-electron chi connectivity index (χ0n) is 10.2. The van der Waals surface area contributed by atoms with E-state index in [1.165, 1.54) is 18.1 Å². The highest BCUT2D eigenvalue weighted by Gasteiger charge is 2.12. The van der Waals surface area contributed by atoms with E-state index in [-0.39, 0.29) is 5.91 Å². The van der Waals surface area contributed by atoms with Crippen molar-refractivity contribution in [2.24, 2.45) is 0 Å². The van der Waals surface area contributed by atoms with Gasteiger partial charge in [-0.1, -0.05) is 32.1 Å². The van der Waals surface area contributed by atoms with Crippen LogP contribution < -0.4 is 5.32 Å². The van der Waals surface area contributed by atoms with Crippen molar-refractivity contribution < 1.29 is 4.79 Å². The van der Waals surface area contributed by atoms with Crippen molar-refractivity contribution >= 4 is 5.91 Å². The molecule has 86 valence electrons. The summed E-state index contributed by atoms with van der Waals surface area (Å²) in [5, 5.41) is 2.94. The Morgan fingerprint density at radius 3 is 2.87 bits per heavy atom. The van der Waals surface area contributed by atoms with E-state index in [2.05, 4.69) is 24.9 Å². The highest BCUT2D eigenvalue weighted by Crippen LogP contribution is 2.17. The number of hydrogen-bond donors (Lipinski definition) is 1. The van der Waals surface area contributed by atoms with Crippen LogP contribution in [-0.2, 0) is 4.79 Å². The Balaban J connectivity index is 0.000000921. The van der Waals surface area contributed by atoms with Crippen LogP contribution in [0.4, 0.5) is 0 Å². The summed E-state index contributed by atoms with van der Waals surface area (Å²) in [6, 6.07) is 0.309. The lowest BCUT2D eigenvalue weighted by Gasteiger charge is -2.15. The molecule has 2 nitrogen and oxygen atoms in total. The summed E-state index contributed by atoms with van der Waals surface area (Å²) >= 11 is 0. The number of amides is 1. The molecule has 1 atom stereocenters. The van der Waals surface area contributed by atoms with E-state index in [0.717, 1.165) is 19.3 Å². The van der Waals surface area contributed by atoms with Crippen LogP contribution in [0.3, 0.4) is 0 Å². The molecule has 0 saturated heterocycles. The number of carbonyl (C=O) groups is 1. The van der Waals surface area contributed by atoms with E-state index in [9.17, 15) is 4.79 Å². The molecule has 0 bridgehead atoms. The van der Waals surface area contributed by atoms with Gasteiger partial charge in [-0.25, -0.2) is 0 Å². The molecule has 1 aliphatic rings. The van der Waals surface area contributed by atoms with Crippen LogP contribution in [0.25, 0.3) is 0 Å². The van der Waals surface area contributed by atoms with Crippen LogP contribution in [0.1, 0.15) is 46.5 Å². The van der Waals surface area contributed by atoms with Gasteiger partial charge in [-0.15, -0.1) is 0 Å². The van der Waals surface area contributed by atoms with Gasteiger partial charge in [0.25, 0.3) is 0 Å². The van der Waals surface area contributed by atoms with Gasteiger partial charge in [0.2, 0.25) is 5.91 Å². The van der Waals surface area contributed by atoms with Crippen molar-refractivity contribution in [1.29, 1.82) is 0 Å². The standard InChI is InChI=1S/C11H17NO.C2H6/c1-3-11(13)12-10-7-5-4-6-9(2)8-10;1-2/h3,6,10H,1,4-5,7-8H2,2H3,(H,12,13);1-2H3. The van der Waals surface area contributed by atoms with Gasteiger partial charge < -0.3 is 5.32 Å². The molecular formula is C13H23NO. The van der Waals surface area contributed by atoms with Gasteiger partial charge in [-0.2, -0.15) is 0 Å². The SMILES string of the molecule is C=CC(=O)NC1CCCC=C(C)C1.CC. The van der Waals surface area contributed by atoms with Crippen molar-refractivity contribution in [3.8, 4) is 0 Å². The predicted octanol–water partition coefficient (Wildman–Crippen LogP) is 3.20. The second kappa shape index (κ2) is 8.27. The summed E-state index contributed by atoms with van der Waals surface area (Å²) in [5.74, 6) is -0.0558. The van der Waals surface area contributed by atoms with Crippen molar-refractivity contribution in [3.63, 3.8) is 0 Å². The number of allylic oxidation sites excluding steroid dienone is 1. The third-order valence-electron chi connectivity index (χ3n) is 2.35. The van der Waals surface area contributed by atoms with Crippen molar-refractivity contribution in [1.82, 2.24) is 5.32 Å². The highest BCUT2D eigenvalue weighted by atomic mass is 16.1. The first-order valence-electron chi connectivity index (χ1n) is 5.81. The number of nitrogens with one attached hydrogen (secondary N) is 1. The molecule has 0 heterocycles. The monoisotopic (exact) mass is 209 g/mol. The minimum absolute atomic E-state index is 0.0558. The maximum atomic E-state index is 11.1. The molecule has 0 spiro atoms. The number of hydrogen-bond acceptors (Lipinski definition) is 1. The minimum Gasteiger partial charge on any atom is -0.350 e. The molecule has 0 aromatic heterocycles. The average Bonchev–Trinajstić information content (AvgIpc) is 2.45. The van der Waals surface area contributed by atoms with Crippen LogP contribution in [0.5, 0.6) is 0 Å². The third-order valence-corrected chi connectivity index (χ3v) is 2.35. The molecule has 0 aromatic carbocycles. The highest BCUT2D eigenvalue weighted by molar-refractivity contribution is 5.87. The first kappa shape index (κ1) is 13.9. The fourth-order valence-corrected chi connectivity index (χ4v) is 1.67. The Morgan fingerprint density at radius 2 is 2.27 bits per heavy atom. The third kappa shape index (κ3) is 6.10. The Labute approximate surface area is 93.5 Å². The molecule has 0 radical (unpaired) electrons. The summed E-state index contributed by atoms with van der Waals surface area (Å²) in [7, 11) is 0. The van der Waals surface area contributed by atoms with Gasteiger partial charge in [0.15, 0.2) is 0 Å². The van der Waals surface area contributed by atoms with Gasteiger partial charge >= 0.3 is 0 Å². The van der Waals surface area contributed by atoms with E-state index in [4.69, 9.17) is 0 Å². The smallest absolute Gasteiger partial charge is 0.243 e. The molecule has 2 heteroatoms. The second-order valence-electron chi connectivity index (χ2n) is 3.60. The summed E-state index contributed by atoms with van der Waals surface area (Å²) in [6.45, 7) is 9.57. The average molecular weight is 209 g/mol. The lowest BCUT2D eigenvalue weighted by atomic mass is 10.1. The maximum absolute atomic E-state index is 11.1. The molecule has 0 aromatic rings. The molecule has 15 heavy (non-hydrogen) atoms. The van der Waals surface area contributed by atoms with Crippen LogP contribution in [0.2, 0.25) is 0 Å². The lowest BCUT2D eigenvalue weighted by Crippen LogP contribution is -2.33. The fourth-order valence-electron chi connectivity index (χ4n) is 1.67. The summed E-state index contributed by atoms with van der Waals surface area (Å²) in [5.41, 5.74) is 1.38.